The molecule has 39 heavy (non-hydrogen) atoms. The molecule has 11 heteroatoms. The predicted molar refractivity (Wildman–Crippen MR) is 135 cm³/mol. The monoisotopic (exact) mass is 529 g/mol. The molecule has 8 nitrogen and oxygen atoms in total. The summed E-state index contributed by atoms with van der Waals surface area (Å²) in [5.41, 5.74) is 1.24. The third-order valence-electron chi connectivity index (χ3n) is 7.66. The Bertz CT molecular complexity index is 1730. The molecule has 2 fully saturated rings. The van der Waals surface area contributed by atoms with Gasteiger partial charge in [-0.3, -0.25) is 14.4 Å². The van der Waals surface area contributed by atoms with Gasteiger partial charge in [0, 0.05) is 5.69 Å². The van der Waals surface area contributed by atoms with E-state index in [-0.39, 0.29) is 5.69 Å². The zero-order chi connectivity index (χ0) is 27.1. The van der Waals surface area contributed by atoms with Crippen molar-refractivity contribution in [2.24, 2.45) is 11.8 Å². The molecular formula is C28H18F3N5O3. The molecule has 0 aliphatic carbocycles. The summed E-state index contributed by atoms with van der Waals surface area (Å²) in [7, 11) is 0. The number of carbonyl (C=O) groups is 3. The van der Waals surface area contributed by atoms with Gasteiger partial charge in [-0.15, -0.1) is 5.10 Å². The van der Waals surface area contributed by atoms with Crippen molar-refractivity contribution < 1.29 is 27.6 Å². The number of anilines is 2. The van der Waals surface area contributed by atoms with Gasteiger partial charge >= 0.3 is 6.18 Å². The molecule has 4 aromatic rings. The van der Waals surface area contributed by atoms with Crippen molar-refractivity contribution in [3.05, 3.63) is 90.0 Å². The highest BCUT2D eigenvalue weighted by Crippen LogP contribution is 2.49. The molecule has 1 aromatic heterocycles. The van der Waals surface area contributed by atoms with Crippen LogP contribution in [0.1, 0.15) is 15.9 Å². The average molecular weight is 529 g/mol. The number of benzene rings is 3. The Morgan fingerprint density at radius 1 is 0.872 bits per heavy atom. The molecule has 194 valence electrons. The van der Waals surface area contributed by atoms with E-state index in [1.165, 1.54) is 6.07 Å². The lowest BCUT2D eigenvalue weighted by atomic mass is 9.88. The van der Waals surface area contributed by atoms with Crippen LogP contribution in [0.15, 0.2) is 78.9 Å². The summed E-state index contributed by atoms with van der Waals surface area (Å²) in [6.07, 6.45) is -1.06. The van der Waals surface area contributed by atoms with Gasteiger partial charge in [0.1, 0.15) is 11.6 Å². The Labute approximate surface area is 218 Å². The molecule has 7 rings (SSSR count). The van der Waals surface area contributed by atoms with Gasteiger partial charge in [-0.2, -0.15) is 17.9 Å². The fourth-order valence-corrected chi connectivity index (χ4v) is 6.03. The first-order valence-corrected chi connectivity index (χ1v) is 12.2. The minimum absolute atomic E-state index is 0.182. The largest absolute Gasteiger partial charge is 0.416 e. The van der Waals surface area contributed by atoms with E-state index in [9.17, 15) is 27.6 Å². The van der Waals surface area contributed by atoms with Gasteiger partial charge in [0.25, 0.3) is 5.91 Å². The Hall–Kier alpha value is -4.80. The number of halogens is 3. The van der Waals surface area contributed by atoms with E-state index in [1.807, 2.05) is 24.3 Å². The van der Waals surface area contributed by atoms with Gasteiger partial charge < -0.3 is 4.90 Å². The minimum atomic E-state index is -4.66. The van der Waals surface area contributed by atoms with Gasteiger partial charge in [0.05, 0.1) is 34.6 Å². The standard InChI is InChI=1S/C28H18F3N5O3/c29-28(30,31)16-7-5-8-17(14-16)34-25(37)22-21-13-12-15-6-1-3-10-19(15)35(21)24(23(22)26(34)38)27(39)36-20-11-4-2-9-18(20)32-33-36/h1-14,21-24H/t21-,22-,23-,24-/m0/s1. The summed E-state index contributed by atoms with van der Waals surface area (Å²) in [6.45, 7) is 0. The van der Waals surface area contributed by atoms with Crippen molar-refractivity contribution in [1.29, 1.82) is 0 Å². The maximum absolute atomic E-state index is 14.2. The number of amides is 2. The highest BCUT2D eigenvalue weighted by Gasteiger charge is 2.64. The first kappa shape index (κ1) is 23.3. The molecule has 4 heterocycles. The number of fused-ring (bicyclic) bond motifs is 6. The van der Waals surface area contributed by atoms with Crippen LogP contribution in [0.4, 0.5) is 24.5 Å². The van der Waals surface area contributed by atoms with Crippen LogP contribution in [-0.4, -0.2) is 44.8 Å². The smallest absolute Gasteiger partial charge is 0.351 e. The SMILES string of the molecule is O=C1[C@@H]2[C@H](C(=O)N1c1cccc(C(F)(F)F)c1)[C@@H](C(=O)n1nnc3ccccc31)N1c3ccccc3C=C[C@@H]21. The Balaban J connectivity index is 1.38. The summed E-state index contributed by atoms with van der Waals surface area (Å²) >= 11 is 0. The number of carbonyl (C=O) groups excluding carboxylic acids is 3. The zero-order valence-corrected chi connectivity index (χ0v) is 20.0. The number of hydrogen-bond donors (Lipinski definition) is 0. The lowest BCUT2D eigenvalue weighted by Gasteiger charge is -2.36. The number of hydrogen-bond acceptors (Lipinski definition) is 6. The van der Waals surface area contributed by atoms with Crippen molar-refractivity contribution in [2.75, 3.05) is 9.80 Å². The Morgan fingerprint density at radius 3 is 2.44 bits per heavy atom. The number of rotatable bonds is 2. The number of alkyl halides is 3. The Morgan fingerprint density at radius 2 is 1.62 bits per heavy atom. The van der Waals surface area contributed by atoms with E-state index in [1.54, 1.807) is 41.3 Å². The van der Waals surface area contributed by atoms with Gasteiger partial charge in [0.2, 0.25) is 11.8 Å². The summed E-state index contributed by atoms with van der Waals surface area (Å²) in [5.74, 6) is -4.07. The van der Waals surface area contributed by atoms with Crippen LogP contribution in [0.5, 0.6) is 0 Å². The molecule has 3 aliphatic heterocycles. The lowest BCUT2D eigenvalue weighted by molar-refractivity contribution is -0.137. The van der Waals surface area contributed by atoms with Crippen molar-refractivity contribution in [3.8, 4) is 0 Å². The molecule has 0 saturated carbocycles. The third-order valence-corrected chi connectivity index (χ3v) is 7.66. The molecule has 2 amide bonds. The Kier molecular flexibility index (Phi) is 4.84. The van der Waals surface area contributed by atoms with Gasteiger partial charge in [-0.25, -0.2) is 4.90 Å². The fraction of sp³-hybridized carbons (Fsp3) is 0.179. The minimum Gasteiger partial charge on any atom is -0.351 e. The van der Waals surface area contributed by atoms with Crippen LogP contribution in [0.2, 0.25) is 0 Å². The van der Waals surface area contributed by atoms with Crippen LogP contribution in [0, 0.1) is 11.8 Å². The molecule has 3 aromatic carbocycles. The topological polar surface area (TPSA) is 88.4 Å². The quantitative estimate of drug-likeness (QED) is 0.362. The van der Waals surface area contributed by atoms with Gasteiger partial charge in [0.15, 0.2) is 0 Å². The summed E-state index contributed by atoms with van der Waals surface area (Å²) in [6, 6.07) is 16.5. The van der Waals surface area contributed by atoms with Crippen molar-refractivity contribution in [1.82, 2.24) is 15.0 Å². The molecule has 0 bridgehead atoms. The number of para-hydroxylation sites is 2. The maximum Gasteiger partial charge on any atom is 0.416 e. The van der Waals surface area contributed by atoms with E-state index in [0.717, 1.165) is 33.3 Å². The van der Waals surface area contributed by atoms with Crippen LogP contribution in [0.25, 0.3) is 17.1 Å². The van der Waals surface area contributed by atoms with E-state index in [2.05, 4.69) is 10.3 Å². The molecule has 0 N–H and O–H groups in total. The average Bonchev–Trinajstić information content (AvgIpc) is 3.59. The first-order valence-electron chi connectivity index (χ1n) is 12.2. The molecule has 4 atom stereocenters. The maximum atomic E-state index is 14.2. The number of imide groups is 1. The van der Waals surface area contributed by atoms with Gasteiger partial charge in [-0.05, 0) is 42.0 Å². The lowest BCUT2D eigenvalue weighted by Crippen LogP contribution is -2.50. The molecule has 0 unspecified atom stereocenters. The summed E-state index contributed by atoms with van der Waals surface area (Å²) in [5, 5.41) is 8.11. The van der Waals surface area contributed by atoms with E-state index >= 15 is 0 Å². The molecule has 0 spiro atoms. The van der Waals surface area contributed by atoms with Gasteiger partial charge in [-0.1, -0.05) is 53.8 Å². The highest BCUT2D eigenvalue weighted by atomic mass is 19.4. The third kappa shape index (κ3) is 3.28. The first-order chi connectivity index (χ1) is 18.8. The second kappa shape index (κ2) is 8.10. The van der Waals surface area contributed by atoms with Crippen molar-refractivity contribution in [2.45, 2.75) is 18.3 Å². The van der Waals surface area contributed by atoms with Crippen LogP contribution >= 0.6 is 0 Å². The zero-order valence-electron chi connectivity index (χ0n) is 20.0. The molecule has 2 saturated heterocycles. The number of aromatic nitrogens is 3. The second-order valence-electron chi connectivity index (χ2n) is 9.70. The van der Waals surface area contributed by atoms with Crippen LogP contribution in [-0.2, 0) is 15.8 Å². The van der Waals surface area contributed by atoms with Crippen LogP contribution < -0.4 is 9.80 Å². The molecule has 3 aliphatic rings. The van der Waals surface area contributed by atoms with E-state index in [0.29, 0.717) is 16.7 Å². The van der Waals surface area contributed by atoms with Crippen molar-refractivity contribution in [3.63, 3.8) is 0 Å². The molecule has 0 radical (unpaired) electrons. The summed E-state index contributed by atoms with van der Waals surface area (Å²) < 4.78 is 41.4. The predicted octanol–water partition coefficient (Wildman–Crippen LogP) is 4.18. The summed E-state index contributed by atoms with van der Waals surface area (Å²) in [4.78, 5) is 44.5. The van der Waals surface area contributed by atoms with Crippen molar-refractivity contribution >= 4 is 46.2 Å². The highest BCUT2D eigenvalue weighted by molar-refractivity contribution is 6.25. The van der Waals surface area contributed by atoms with E-state index < -0.39 is 53.4 Å². The second-order valence-corrected chi connectivity index (χ2v) is 9.70. The number of nitrogens with zero attached hydrogens (tertiary/aromatic N) is 5. The van der Waals surface area contributed by atoms with Crippen LogP contribution in [0.3, 0.4) is 0 Å². The molecular weight excluding hydrogens is 511 g/mol. The normalized spacial score (nSPS) is 23.8. The fourth-order valence-electron chi connectivity index (χ4n) is 6.03. The van der Waals surface area contributed by atoms with E-state index in [4.69, 9.17) is 0 Å².